The van der Waals surface area contributed by atoms with Crippen molar-refractivity contribution in [3.63, 3.8) is 0 Å². The number of amides is 1. The van der Waals surface area contributed by atoms with Crippen LogP contribution in [-0.2, 0) is 0 Å². The summed E-state index contributed by atoms with van der Waals surface area (Å²) in [6, 6.07) is 7.11. The van der Waals surface area contributed by atoms with Crippen LogP contribution in [0.3, 0.4) is 0 Å². The number of carbonyl (C=O) groups excluding carboxylic acids is 1. The number of anilines is 2. The topological polar surface area (TPSA) is 129 Å². The molecule has 144 valence electrons. The fourth-order valence-corrected chi connectivity index (χ4v) is 3.62. The summed E-state index contributed by atoms with van der Waals surface area (Å²) in [5, 5.41) is 4.86. The lowest BCUT2D eigenvalue weighted by molar-refractivity contribution is 0.100. The van der Waals surface area contributed by atoms with Crippen LogP contribution >= 0.6 is 11.6 Å². The van der Waals surface area contributed by atoms with Crippen LogP contribution in [0.15, 0.2) is 35.3 Å². The van der Waals surface area contributed by atoms with Gasteiger partial charge in [0.1, 0.15) is 5.82 Å². The summed E-state index contributed by atoms with van der Waals surface area (Å²) in [6.07, 6.45) is 3.15. The molecule has 28 heavy (non-hydrogen) atoms. The summed E-state index contributed by atoms with van der Waals surface area (Å²) in [4.78, 5) is 32.8. The maximum atomic E-state index is 13.2. The smallest absolute Gasteiger partial charge is 0.260 e. The summed E-state index contributed by atoms with van der Waals surface area (Å²) in [6.45, 7) is 1.88. The van der Waals surface area contributed by atoms with Crippen LogP contribution in [0.5, 0.6) is 0 Å². The van der Waals surface area contributed by atoms with Gasteiger partial charge in [-0.05, 0) is 37.3 Å². The zero-order valence-corrected chi connectivity index (χ0v) is 15.9. The molecule has 0 radical (unpaired) electrons. The highest BCUT2D eigenvalue weighted by Gasteiger charge is 2.30. The third-order valence-electron chi connectivity index (χ3n) is 4.84. The Morgan fingerprint density at radius 3 is 2.82 bits per heavy atom. The van der Waals surface area contributed by atoms with Gasteiger partial charge in [-0.3, -0.25) is 9.59 Å². The first-order valence-corrected chi connectivity index (χ1v) is 9.27. The Morgan fingerprint density at radius 2 is 2.14 bits per heavy atom. The predicted octanol–water partition coefficient (Wildman–Crippen LogP) is 2.63. The molecule has 0 aliphatic heterocycles. The standard InChI is InChI=1S/C19H19ClN6O2/c1-9(24-17-12(16(21)27)8-23-19(22)25-17)14-7-10-3-2-4-13(20)15(10)18(28)26(14)11-5-6-11/h2-4,7-9,11H,5-6H2,1H3,(H2,21,27)(H3,22,23,24,25)/t9-/m0/s1. The van der Waals surface area contributed by atoms with Gasteiger partial charge < -0.3 is 21.4 Å². The van der Waals surface area contributed by atoms with Crippen molar-refractivity contribution < 1.29 is 4.79 Å². The summed E-state index contributed by atoms with van der Waals surface area (Å²) >= 11 is 6.28. The summed E-state index contributed by atoms with van der Waals surface area (Å²) in [5.74, 6) is -0.419. The number of carbonyl (C=O) groups is 1. The second kappa shape index (κ2) is 6.79. The van der Waals surface area contributed by atoms with Crippen LogP contribution in [0.2, 0.25) is 5.02 Å². The highest BCUT2D eigenvalue weighted by molar-refractivity contribution is 6.35. The Balaban J connectivity index is 1.83. The lowest BCUT2D eigenvalue weighted by atomic mass is 10.1. The monoisotopic (exact) mass is 398 g/mol. The molecule has 0 saturated heterocycles. The molecule has 2 aromatic heterocycles. The van der Waals surface area contributed by atoms with E-state index in [1.54, 1.807) is 10.6 Å². The number of rotatable bonds is 5. The maximum absolute atomic E-state index is 13.2. The Bertz CT molecular complexity index is 1160. The molecular weight excluding hydrogens is 380 g/mol. The van der Waals surface area contributed by atoms with Crippen LogP contribution < -0.4 is 22.3 Å². The number of nitrogens with zero attached hydrogens (tertiary/aromatic N) is 3. The average Bonchev–Trinajstić information content (AvgIpc) is 3.46. The molecule has 9 heteroatoms. The minimum atomic E-state index is -0.667. The molecule has 3 aromatic rings. The number of fused-ring (bicyclic) bond motifs is 1. The van der Waals surface area contributed by atoms with Crippen LogP contribution in [0.1, 0.15) is 47.9 Å². The second-order valence-corrected chi connectivity index (χ2v) is 7.31. The average molecular weight is 399 g/mol. The normalized spacial score (nSPS) is 14.8. The maximum Gasteiger partial charge on any atom is 0.260 e. The van der Waals surface area contributed by atoms with E-state index in [-0.39, 0.29) is 35.0 Å². The third-order valence-corrected chi connectivity index (χ3v) is 5.16. The molecule has 1 aliphatic carbocycles. The Labute approximate surface area is 165 Å². The van der Waals surface area contributed by atoms with Gasteiger partial charge in [-0.25, -0.2) is 4.98 Å². The molecule has 0 unspecified atom stereocenters. The molecule has 5 N–H and O–H groups in total. The van der Waals surface area contributed by atoms with Gasteiger partial charge >= 0.3 is 0 Å². The van der Waals surface area contributed by atoms with E-state index >= 15 is 0 Å². The number of hydrogen-bond acceptors (Lipinski definition) is 6. The van der Waals surface area contributed by atoms with Crippen molar-refractivity contribution in [1.82, 2.24) is 14.5 Å². The predicted molar refractivity (Wildman–Crippen MR) is 108 cm³/mol. The summed E-state index contributed by atoms with van der Waals surface area (Å²) in [7, 11) is 0. The van der Waals surface area contributed by atoms with E-state index in [9.17, 15) is 9.59 Å². The van der Waals surface area contributed by atoms with E-state index < -0.39 is 5.91 Å². The Kier molecular flexibility index (Phi) is 4.43. The SMILES string of the molecule is C[C@H](Nc1nc(N)ncc1C(N)=O)c1cc2cccc(Cl)c2c(=O)n1C1CC1. The first-order valence-electron chi connectivity index (χ1n) is 8.89. The Morgan fingerprint density at radius 1 is 1.39 bits per heavy atom. The van der Waals surface area contributed by atoms with E-state index in [1.807, 2.05) is 25.1 Å². The number of nitrogens with two attached hydrogens (primary N) is 2. The molecule has 0 bridgehead atoms. The number of benzene rings is 1. The number of nitrogens with one attached hydrogen (secondary N) is 1. The van der Waals surface area contributed by atoms with Crippen LogP contribution in [0.4, 0.5) is 11.8 Å². The second-order valence-electron chi connectivity index (χ2n) is 6.90. The molecule has 1 aromatic carbocycles. The van der Waals surface area contributed by atoms with Gasteiger partial charge in [0.15, 0.2) is 0 Å². The van der Waals surface area contributed by atoms with Gasteiger partial charge in [-0.2, -0.15) is 4.98 Å². The van der Waals surface area contributed by atoms with E-state index in [1.165, 1.54) is 6.20 Å². The number of pyridine rings is 1. The zero-order valence-electron chi connectivity index (χ0n) is 15.1. The minimum absolute atomic E-state index is 0.0181. The fraction of sp³-hybridized carbons (Fsp3) is 0.263. The molecule has 8 nitrogen and oxygen atoms in total. The number of aromatic nitrogens is 3. The van der Waals surface area contributed by atoms with E-state index in [4.69, 9.17) is 23.1 Å². The molecule has 0 spiro atoms. The first-order chi connectivity index (χ1) is 13.4. The van der Waals surface area contributed by atoms with Gasteiger partial charge in [0, 0.05) is 17.9 Å². The molecule has 2 heterocycles. The molecule has 1 aliphatic rings. The van der Waals surface area contributed by atoms with Crippen molar-refractivity contribution in [2.24, 2.45) is 5.73 Å². The van der Waals surface area contributed by atoms with Crippen molar-refractivity contribution in [1.29, 1.82) is 0 Å². The largest absolute Gasteiger partial charge is 0.368 e. The summed E-state index contributed by atoms with van der Waals surface area (Å²) < 4.78 is 1.78. The molecule has 4 rings (SSSR count). The van der Waals surface area contributed by atoms with Crippen LogP contribution in [0.25, 0.3) is 10.8 Å². The molecule has 1 atom stereocenters. The number of halogens is 1. The number of primary amides is 1. The number of hydrogen-bond donors (Lipinski definition) is 3. The van der Waals surface area contributed by atoms with Gasteiger partial charge in [0.2, 0.25) is 5.95 Å². The lowest BCUT2D eigenvalue weighted by Gasteiger charge is -2.22. The van der Waals surface area contributed by atoms with Crippen molar-refractivity contribution in [2.45, 2.75) is 31.8 Å². The molecule has 1 saturated carbocycles. The van der Waals surface area contributed by atoms with E-state index in [2.05, 4.69) is 15.3 Å². The third kappa shape index (κ3) is 3.16. The highest BCUT2D eigenvalue weighted by atomic mass is 35.5. The number of nitrogen functional groups attached to an aromatic ring is 1. The van der Waals surface area contributed by atoms with Gasteiger partial charge in [-0.15, -0.1) is 0 Å². The first kappa shape index (κ1) is 18.2. The van der Waals surface area contributed by atoms with Gasteiger partial charge in [0.05, 0.1) is 22.0 Å². The van der Waals surface area contributed by atoms with Gasteiger partial charge in [-0.1, -0.05) is 23.7 Å². The van der Waals surface area contributed by atoms with E-state index in [0.29, 0.717) is 10.4 Å². The van der Waals surface area contributed by atoms with Gasteiger partial charge in [0.25, 0.3) is 11.5 Å². The van der Waals surface area contributed by atoms with Crippen molar-refractivity contribution in [3.8, 4) is 0 Å². The molecule has 1 fully saturated rings. The quantitative estimate of drug-likeness (QED) is 0.605. The van der Waals surface area contributed by atoms with Crippen molar-refractivity contribution in [2.75, 3.05) is 11.1 Å². The fourth-order valence-electron chi connectivity index (χ4n) is 3.36. The van der Waals surface area contributed by atoms with Crippen LogP contribution in [0, 0.1) is 0 Å². The highest BCUT2D eigenvalue weighted by Crippen LogP contribution is 2.37. The molecular formula is C19H19ClN6O2. The van der Waals surface area contributed by atoms with Crippen molar-refractivity contribution >= 4 is 40.0 Å². The van der Waals surface area contributed by atoms with E-state index in [0.717, 1.165) is 23.9 Å². The van der Waals surface area contributed by atoms with Crippen molar-refractivity contribution in [3.05, 3.63) is 57.1 Å². The minimum Gasteiger partial charge on any atom is -0.368 e. The van der Waals surface area contributed by atoms with Crippen LogP contribution in [-0.4, -0.2) is 20.4 Å². The molecule has 1 amide bonds. The lowest BCUT2D eigenvalue weighted by Crippen LogP contribution is -2.27. The zero-order chi connectivity index (χ0) is 20.0. The summed E-state index contributed by atoms with van der Waals surface area (Å²) in [5.41, 5.74) is 11.9. The Hall–Kier alpha value is -3.13.